The lowest BCUT2D eigenvalue weighted by Crippen LogP contribution is -2.39. The van der Waals surface area contributed by atoms with Crippen molar-refractivity contribution >= 4 is 11.9 Å². The first-order valence-corrected chi connectivity index (χ1v) is 11.2. The number of rotatable bonds is 17. The van der Waals surface area contributed by atoms with Crippen molar-refractivity contribution in [1.82, 2.24) is 0 Å². The molecule has 0 spiro atoms. The molecule has 1 unspecified atom stereocenters. The average Bonchev–Trinajstić information content (AvgIpc) is 2.72. The molecule has 0 bridgehead atoms. The summed E-state index contributed by atoms with van der Waals surface area (Å²) < 4.78 is 10.8. The third-order valence-corrected chi connectivity index (χ3v) is 4.93. The molecule has 0 aromatic heterocycles. The standard InChI is InChI=1S/C24H38O5/c1-3-5-7-9-10-12-14-22(23(25)26)29-21-17-15-20(16-18-21)24(27)28-19-13-11-8-6-4-2/h15-18,22H,3-14,19H2,1-2H3,(H,25,26)/p-1. The molecule has 1 aromatic rings. The fourth-order valence-corrected chi connectivity index (χ4v) is 3.12. The van der Waals surface area contributed by atoms with Crippen molar-refractivity contribution in [2.45, 2.75) is 97.0 Å². The molecule has 1 rings (SSSR count). The van der Waals surface area contributed by atoms with Crippen molar-refractivity contribution in [1.29, 1.82) is 0 Å². The highest BCUT2D eigenvalue weighted by Crippen LogP contribution is 2.18. The first kappa shape index (κ1) is 25.0. The topological polar surface area (TPSA) is 75.7 Å². The summed E-state index contributed by atoms with van der Waals surface area (Å²) >= 11 is 0. The fraction of sp³-hybridized carbons (Fsp3) is 0.667. The SMILES string of the molecule is CCCCCCCCC(Oc1ccc(C(=O)OCCCCCCC)cc1)C(=O)[O-]. The number of hydrogen-bond donors (Lipinski definition) is 0. The summed E-state index contributed by atoms with van der Waals surface area (Å²) in [5, 5.41) is 11.3. The van der Waals surface area contributed by atoms with E-state index in [2.05, 4.69) is 13.8 Å². The second-order valence-electron chi connectivity index (χ2n) is 7.56. The molecule has 0 saturated heterocycles. The zero-order valence-electron chi connectivity index (χ0n) is 18.1. The lowest BCUT2D eigenvalue weighted by atomic mass is 10.1. The van der Waals surface area contributed by atoms with E-state index >= 15 is 0 Å². The molecule has 0 amide bonds. The zero-order valence-corrected chi connectivity index (χ0v) is 18.1. The van der Waals surface area contributed by atoms with Crippen LogP contribution in [0.5, 0.6) is 5.75 Å². The Kier molecular flexibility index (Phi) is 13.6. The summed E-state index contributed by atoms with van der Waals surface area (Å²) in [5.41, 5.74) is 0.437. The molecule has 0 fully saturated rings. The molecule has 29 heavy (non-hydrogen) atoms. The van der Waals surface area contributed by atoms with E-state index in [1.54, 1.807) is 24.3 Å². The van der Waals surface area contributed by atoms with Gasteiger partial charge in [-0.05, 0) is 43.5 Å². The summed E-state index contributed by atoms with van der Waals surface area (Å²) in [4.78, 5) is 23.4. The molecule has 0 saturated carbocycles. The van der Waals surface area contributed by atoms with E-state index in [1.807, 2.05) is 0 Å². The molecule has 1 atom stereocenters. The van der Waals surface area contributed by atoms with Gasteiger partial charge in [-0.3, -0.25) is 0 Å². The predicted octanol–water partition coefficient (Wildman–Crippen LogP) is 5.06. The van der Waals surface area contributed by atoms with Gasteiger partial charge in [-0.25, -0.2) is 4.79 Å². The van der Waals surface area contributed by atoms with Crippen LogP contribution in [0.4, 0.5) is 0 Å². The largest absolute Gasteiger partial charge is 0.546 e. The van der Waals surface area contributed by atoms with Gasteiger partial charge < -0.3 is 19.4 Å². The minimum absolute atomic E-state index is 0.365. The number of aliphatic carboxylic acids is 1. The Morgan fingerprint density at radius 1 is 0.828 bits per heavy atom. The number of ether oxygens (including phenoxy) is 2. The molecule has 0 aliphatic carbocycles. The maximum absolute atomic E-state index is 12.1. The van der Waals surface area contributed by atoms with Crippen molar-refractivity contribution in [2.75, 3.05) is 6.61 Å². The smallest absolute Gasteiger partial charge is 0.338 e. The van der Waals surface area contributed by atoms with Crippen molar-refractivity contribution in [2.24, 2.45) is 0 Å². The van der Waals surface area contributed by atoms with Gasteiger partial charge in [0.25, 0.3) is 0 Å². The van der Waals surface area contributed by atoms with Crippen LogP contribution < -0.4 is 9.84 Å². The minimum Gasteiger partial charge on any atom is -0.546 e. The van der Waals surface area contributed by atoms with Gasteiger partial charge in [0.05, 0.1) is 18.1 Å². The second kappa shape index (κ2) is 15.8. The van der Waals surface area contributed by atoms with Crippen LogP contribution in [0.3, 0.4) is 0 Å². The Bertz CT molecular complexity index is 567. The van der Waals surface area contributed by atoms with Crippen LogP contribution in [-0.4, -0.2) is 24.6 Å². The molecule has 0 N–H and O–H groups in total. The van der Waals surface area contributed by atoms with Gasteiger partial charge in [0.2, 0.25) is 0 Å². The van der Waals surface area contributed by atoms with Crippen molar-refractivity contribution < 1.29 is 24.2 Å². The van der Waals surface area contributed by atoms with E-state index in [-0.39, 0.29) is 5.97 Å². The second-order valence-corrected chi connectivity index (χ2v) is 7.56. The number of carboxylic acid groups (broad SMARTS) is 1. The zero-order chi connectivity index (χ0) is 21.3. The molecule has 164 valence electrons. The normalized spacial score (nSPS) is 11.8. The maximum Gasteiger partial charge on any atom is 0.338 e. The lowest BCUT2D eigenvalue weighted by Gasteiger charge is -2.20. The molecule has 0 aliphatic rings. The van der Waals surface area contributed by atoms with Crippen molar-refractivity contribution in [3.8, 4) is 5.75 Å². The first-order valence-electron chi connectivity index (χ1n) is 11.2. The summed E-state index contributed by atoms with van der Waals surface area (Å²) in [6, 6.07) is 6.42. The number of esters is 1. The number of hydrogen-bond acceptors (Lipinski definition) is 5. The maximum atomic E-state index is 12.1. The van der Waals surface area contributed by atoms with Gasteiger partial charge in [-0.2, -0.15) is 0 Å². The lowest BCUT2D eigenvalue weighted by molar-refractivity contribution is -0.313. The summed E-state index contributed by atoms with van der Waals surface area (Å²) in [5.74, 6) is -1.15. The molecule has 5 heteroatoms. The van der Waals surface area contributed by atoms with Gasteiger partial charge >= 0.3 is 5.97 Å². The van der Waals surface area contributed by atoms with E-state index in [4.69, 9.17) is 9.47 Å². The van der Waals surface area contributed by atoms with Crippen LogP contribution in [0, 0.1) is 0 Å². The van der Waals surface area contributed by atoms with E-state index in [0.29, 0.717) is 24.3 Å². The van der Waals surface area contributed by atoms with Gasteiger partial charge in [0.1, 0.15) is 11.9 Å². The van der Waals surface area contributed by atoms with Gasteiger partial charge in [-0.1, -0.05) is 71.6 Å². The molecule has 0 heterocycles. The quantitative estimate of drug-likeness (QED) is 0.267. The average molecular weight is 406 g/mol. The summed E-state index contributed by atoms with van der Waals surface area (Å²) in [6.45, 7) is 4.75. The number of carbonyl (C=O) groups is 2. The van der Waals surface area contributed by atoms with Crippen LogP contribution in [0.15, 0.2) is 24.3 Å². The van der Waals surface area contributed by atoms with Crippen LogP contribution in [-0.2, 0) is 9.53 Å². The van der Waals surface area contributed by atoms with Gasteiger partial charge in [0, 0.05) is 0 Å². The first-order chi connectivity index (χ1) is 14.1. The highest BCUT2D eigenvalue weighted by Gasteiger charge is 2.13. The van der Waals surface area contributed by atoms with Crippen LogP contribution in [0.1, 0.15) is 101 Å². The van der Waals surface area contributed by atoms with Crippen molar-refractivity contribution in [3.05, 3.63) is 29.8 Å². The van der Waals surface area contributed by atoms with Gasteiger partial charge in [-0.15, -0.1) is 0 Å². The van der Waals surface area contributed by atoms with E-state index in [1.165, 1.54) is 38.5 Å². The molecule has 0 aliphatic heterocycles. The number of unbranched alkanes of at least 4 members (excludes halogenated alkanes) is 9. The number of carbonyl (C=O) groups excluding carboxylic acids is 2. The van der Waals surface area contributed by atoms with E-state index in [0.717, 1.165) is 32.1 Å². The van der Waals surface area contributed by atoms with Crippen LogP contribution in [0.2, 0.25) is 0 Å². The number of carboxylic acids is 1. The molecular formula is C24H37O5-. The third kappa shape index (κ3) is 11.5. The van der Waals surface area contributed by atoms with E-state index in [9.17, 15) is 14.7 Å². The Hall–Kier alpha value is -2.04. The summed E-state index contributed by atoms with van der Waals surface area (Å²) in [7, 11) is 0. The highest BCUT2D eigenvalue weighted by atomic mass is 16.5. The Balaban J connectivity index is 2.37. The van der Waals surface area contributed by atoms with Crippen molar-refractivity contribution in [3.63, 3.8) is 0 Å². The monoisotopic (exact) mass is 405 g/mol. The third-order valence-electron chi connectivity index (χ3n) is 4.93. The van der Waals surface area contributed by atoms with Crippen LogP contribution in [0.25, 0.3) is 0 Å². The van der Waals surface area contributed by atoms with Gasteiger partial charge in [0.15, 0.2) is 0 Å². The van der Waals surface area contributed by atoms with Crippen LogP contribution >= 0.6 is 0 Å². The molecule has 0 radical (unpaired) electrons. The molecule has 1 aromatic carbocycles. The number of benzene rings is 1. The predicted molar refractivity (Wildman–Crippen MR) is 113 cm³/mol. The Morgan fingerprint density at radius 2 is 1.38 bits per heavy atom. The van der Waals surface area contributed by atoms with E-state index < -0.39 is 12.1 Å². The molecular weight excluding hydrogens is 368 g/mol. The summed E-state index contributed by atoms with van der Waals surface area (Å²) in [6.07, 6.45) is 11.5. The molecule has 5 nitrogen and oxygen atoms in total. The minimum atomic E-state index is -1.20. The Labute approximate surface area is 175 Å². The highest BCUT2D eigenvalue weighted by molar-refractivity contribution is 5.89. The fourth-order valence-electron chi connectivity index (χ4n) is 3.12. The Morgan fingerprint density at radius 3 is 1.97 bits per heavy atom.